The molecule has 1 atom stereocenters. The van der Waals surface area contributed by atoms with Gasteiger partial charge in [0, 0.05) is 50.0 Å². The maximum absolute atomic E-state index is 13.5. The highest BCUT2D eigenvalue weighted by Gasteiger charge is 2.31. The summed E-state index contributed by atoms with van der Waals surface area (Å²) >= 11 is 0. The Morgan fingerprint density at radius 2 is 1.48 bits per heavy atom. The molecule has 0 aliphatic carbocycles. The summed E-state index contributed by atoms with van der Waals surface area (Å²) in [6.07, 6.45) is 2.15. The molecule has 6 rings (SSSR count). The van der Waals surface area contributed by atoms with Gasteiger partial charge in [0.05, 0.1) is 18.0 Å². The largest absolute Gasteiger partial charge is 0.494 e. The van der Waals surface area contributed by atoms with Crippen molar-refractivity contribution in [1.82, 2.24) is 26.2 Å². The number of rotatable bonds is 17. The third-order valence-electron chi connectivity index (χ3n) is 9.92. The van der Waals surface area contributed by atoms with Crippen LogP contribution in [0.15, 0.2) is 108 Å². The molecule has 1 fully saturated rings. The van der Waals surface area contributed by atoms with E-state index in [2.05, 4.69) is 43.6 Å². The number of urea groups is 1. The molecule has 60 heavy (non-hydrogen) atoms. The van der Waals surface area contributed by atoms with Gasteiger partial charge in [0.2, 0.25) is 18.0 Å². The van der Waals surface area contributed by atoms with Gasteiger partial charge in [-0.3, -0.25) is 19.3 Å². The van der Waals surface area contributed by atoms with E-state index in [-0.39, 0.29) is 26.1 Å². The zero-order valence-electron chi connectivity index (χ0n) is 33.8. The smallest absolute Gasteiger partial charge is 0.407 e. The number of hydrogen-bond donors (Lipinski definition) is 5. The van der Waals surface area contributed by atoms with Gasteiger partial charge < -0.3 is 41.0 Å². The third-order valence-corrected chi connectivity index (χ3v) is 9.92. The minimum atomic E-state index is -1.20. The molecule has 4 aromatic carbocycles. The van der Waals surface area contributed by atoms with E-state index in [4.69, 9.17) is 14.5 Å². The Bertz CT molecular complexity index is 2140. The molecule has 2 heterocycles. The molecule has 4 aromatic rings. The highest BCUT2D eigenvalue weighted by molar-refractivity contribution is 6.20. The first-order chi connectivity index (χ1) is 29.2. The average Bonchev–Trinajstić information content (AvgIpc) is 3.35. The molecule has 314 valence electrons. The van der Waals surface area contributed by atoms with E-state index in [0.29, 0.717) is 42.2 Å². The first-order valence-electron chi connectivity index (χ1n) is 20.3. The van der Waals surface area contributed by atoms with Crippen molar-refractivity contribution in [1.29, 1.82) is 0 Å². The fourth-order valence-corrected chi connectivity index (χ4v) is 6.91. The number of hydrogen-bond acceptors (Lipinski definition) is 9. The third kappa shape index (κ3) is 12.9. The zero-order valence-corrected chi connectivity index (χ0v) is 33.8. The first kappa shape index (κ1) is 42.9. The number of para-hydroxylation sites is 1. The number of benzene rings is 4. The van der Waals surface area contributed by atoms with Crippen molar-refractivity contribution < 1.29 is 33.4 Å². The Labute approximate surface area is 349 Å². The Balaban J connectivity index is 0.852. The normalized spacial score (nSPS) is 15.1. The van der Waals surface area contributed by atoms with Crippen LogP contribution >= 0.6 is 0 Å². The van der Waals surface area contributed by atoms with Gasteiger partial charge in [-0.25, -0.2) is 14.6 Å². The summed E-state index contributed by atoms with van der Waals surface area (Å²) in [5.74, 6) is -0.479. The lowest BCUT2D eigenvalue weighted by atomic mass is 10.0. The van der Waals surface area contributed by atoms with Gasteiger partial charge in [-0.05, 0) is 73.8 Å². The number of nitrogens with one attached hydrogen (secondary N) is 5. The lowest BCUT2D eigenvalue weighted by molar-refractivity contribution is -0.129. The van der Waals surface area contributed by atoms with Gasteiger partial charge in [0.15, 0.2) is 0 Å². The second-order valence-electron chi connectivity index (χ2n) is 14.5. The van der Waals surface area contributed by atoms with Crippen molar-refractivity contribution >= 4 is 46.9 Å². The fraction of sp³-hybridized carbons (Fsp3) is 0.333. The number of fused-ring (bicyclic) bond motifs is 1. The topological polar surface area (TPSA) is 183 Å². The van der Waals surface area contributed by atoms with Gasteiger partial charge in [-0.2, -0.15) is 0 Å². The summed E-state index contributed by atoms with van der Waals surface area (Å²) in [4.78, 5) is 72.1. The van der Waals surface area contributed by atoms with E-state index in [1.165, 1.54) is 29.7 Å². The van der Waals surface area contributed by atoms with Crippen molar-refractivity contribution in [3.63, 3.8) is 0 Å². The van der Waals surface area contributed by atoms with Crippen molar-refractivity contribution in [2.24, 2.45) is 4.99 Å². The fourth-order valence-electron chi connectivity index (χ4n) is 6.91. The van der Waals surface area contributed by atoms with E-state index in [0.717, 1.165) is 36.5 Å². The molecule has 2 aliphatic rings. The number of ether oxygens (including phenoxy) is 2. The Kier molecular flexibility index (Phi) is 15.6. The summed E-state index contributed by atoms with van der Waals surface area (Å²) < 4.78 is 11.2. The number of piperidine rings is 1. The molecule has 0 unspecified atom stereocenters. The molecule has 0 aromatic heterocycles. The summed E-state index contributed by atoms with van der Waals surface area (Å²) in [6.45, 7) is 4.08. The molecule has 0 spiro atoms. The molecule has 5 N–H and O–H groups in total. The highest BCUT2D eigenvalue weighted by Crippen LogP contribution is 2.27. The molecule has 0 radical (unpaired) electrons. The quantitative estimate of drug-likeness (QED) is 0.0733. The van der Waals surface area contributed by atoms with Crippen LogP contribution in [0, 0.1) is 0 Å². The van der Waals surface area contributed by atoms with Crippen LogP contribution in [0.25, 0.3) is 0 Å². The van der Waals surface area contributed by atoms with Crippen molar-refractivity contribution in [3.05, 3.63) is 125 Å². The van der Waals surface area contributed by atoms with Crippen LogP contribution in [0.2, 0.25) is 0 Å². The molecule has 1 saturated heterocycles. The second-order valence-corrected chi connectivity index (χ2v) is 14.5. The lowest BCUT2D eigenvalue weighted by Gasteiger charge is -2.26. The van der Waals surface area contributed by atoms with Gasteiger partial charge in [0.25, 0.3) is 5.91 Å². The van der Waals surface area contributed by atoms with Crippen molar-refractivity contribution in [3.8, 4) is 5.75 Å². The Hall–Kier alpha value is -6.74. The predicted molar refractivity (Wildman–Crippen MR) is 229 cm³/mol. The minimum absolute atomic E-state index is 0.0825. The van der Waals surface area contributed by atoms with Gasteiger partial charge in [0.1, 0.15) is 18.8 Å². The molecule has 0 saturated carbocycles. The van der Waals surface area contributed by atoms with Gasteiger partial charge >= 0.3 is 12.1 Å². The van der Waals surface area contributed by atoms with Crippen LogP contribution in [0.3, 0.4) is 0 Å². The summed E-state index contributed by atoms with van der Waals surface area (Å²) in [5, 5.41) is 13.3. The van der Waals surface area contributed by atoms with E-state index in [9.17, 15) is 24.0 Å². The number of benzodiazepines with no additional fused rings is 1. The Morgan fingerprint density at radius 3 is 2.30 bits per heavy atom. The highest BCUT2D eigenvalue weighted by atomic mass is 16.5. The van der Waals surface area contributed by atoms with Crippen LogP contribution in [-0.4, -0.2) is 93.0 Å². The standard InChI is InChI=1S/C45H52N8O7/c1-52-38-20-7-6-19-37(38)41(34-15-4-2-5-16-34)50-42(43(52)56)51-44(57)49-35-17-10-14-33(27-35)31-60-45(58)48-23-22-47-40(55)29-39(54)46-21-12-26-59-36-18-11-13-32(28-36)30-53-24-8-3-9-25-53/h2,4-7,10-11,13-20,27-28,42H,3,8-9,12,21-26,29-31H2,1H3,(H,46,54)(H,47,55)(H,48,58)(H2,49,51,57)/t42-/m0/s1. The van der Waals surface area contributed by atoms with Crippen molar-refractivity contribution in [2.75, 3.05) is 56.6 Å². The average molecular weight is 817 g/mol. The Morgan fingerprint density at radius 1 is 0.767 bits per heavy atom. The molecule has 0 bridgehead atoms. The molecule has 15 nitrogen and oxygen atoms in total. The summed E-state index contributed by atoms with van der Waals surface area (Å²) in [5.41, 5.74) is 5.03. The number of carbonyl (C=O) groups is 5. The van der Waals surface area contributed by atoms with E-state index in [1.54, 1.807) is 31.3 Å². The SMILES string of the molecule is CN1C(=O)[C@H](NC(=O)Nc2cccc(COC(=O)NCCNC(=O)CC(=O)NCCCOc3cccc(CN4CCCCC4)c3)c2)N=C(c2ccccc2)c2ccccc21. The van der Waals surface area contributed by atoms with E-state index < -0.39 is 36.0 Å². The number of likely N-dealkylation sites (N-methyl/N-ethyl adjacent to an activating group) is 1. The molecule has 2 aliphatic heterocycles. The maximum Gasteiger partial charge on any atom is 0.407 e. The van der Waals surface area contributed by atoms with Crippen LogP contribution in [-0.2, 0) is 32.3 Å². The van der Waals surface area contributed by atoms with E-state index >= 15 is 0 Å². The number of nitrogens with zero attached hydrogens (tertiary/aromatic N) is 3. The van der Waals surface area contributed by atoms with Gasteiger partial charge in [-0.15, -0.1) is 0 Å². The monoisotopic (exact) mass is 816 g/mol. The van der Waals surface area contributed by atoms with Crippen LogP contribution in [0.5, 0.6) is 5.75 Å². The van der Waals surface area contributed by atoms with Crippen LogP contribution in [0.4, 0.5) is 21.0 Å². The van der Waals surface area contributed by atoms with Crippen LogP contribution in [0.1, 0.15) is 54.4 Å². The summed E-state index contributed by atoms with van der Waals surface area (Å²) in [6, 6.07) is 31.0. The number of anilines is 2. The molecule has 6 amide bonds. The van der Waals surface area contributed by atoms with Crippen LogP contribution < -0.4 is 36.2 Å². The zero-order chi connectivity index (χ0) is 42.1. The number of amides is 6. The second kappa shape index (κ2) is 21.9. The lowest BCUT2D eigenvalue weighted by Crippen LogP contribution is -2.47. The number of aliphatic imine (C=N–C) groups is 1. The molecule has 15 heteroatoms. The minimum Gasteiger partial charge on any atom is -0.494 e. The van der Waals surface area contributed by atoms with Gasteiger partial charge in [-0.1, -0.05) is 79.2 Å². The number of alkyl carbamates (subject to hydrolysis) is 1. The number of carbonyl (C=O) groups excluding carboxylic acids is 5. The maximum atomic E-state index is 13.5. The number of likely N-dealkylation sites (tertiary alicyclic amines) is 1. The van der Waals surface area contributed by atoms with E-state index in [1.807, 2.05) is 66.7 Å². The molecular weight excluding hydrogens is 765 g/mol. The first-order valence-corrected chi connectivity index (χ1v) is 20.3. The molecular formula is C45H52N8O7. The predicted octanol–water partition coefficient (Wildman–Crippen LogP) is 4.95. The van der Waals surface area contributed by atoms with Crippen molar-refractivity contribution in [2.45, 2.75) is 51.4 Å². The summed E-state index contributed by atoms with van der Waals surface area (Å²) in [7, 11) is 1.64.